The lowest BCUT2D eigenvalue weighted by atomic mass is 9.81. The lowest BCUT2D eigenvalue weighted by molar-refractivity contribution is -0.140. The first kappa shape index (κ1) is 20.8. The Hall–Kier alpha value is -2.45. The Morgan fingerprint density at radius 2 is 1.77 bits per heavy atom. The Balaban J connectivity index is 1.58. The number of nitrogens with zero attached hydrogens (tertiary/aromatic N) is 2. The fraction of sp³-hybridized carbons (Fsp3) is 0.381. The van der Waals surface area contributed by atoms with E-state index in [1.807, 2.05) is 0 Å². The number of hydrogen-bond donors (Lipinski definition) is 1. The number of aromatic nitrogens is 1. The van der Waals surface area contributed by atoms with Crippen LogP contribution in [0, 0.1) is 18.8 Å². The van der Waals surface area contributed by atoms with Crippen molar-refractivity contribution >= 4 is 39.3 Å². The van der Waals surface area contributed by atoms with Gasteiger partial charge in [-0.15, -0.1) is 0 Å². The van der Waals surface area contributed by atoms with Crippen molar-refractivity contribution in [1.82, 2.24) is 9.88 Å². The molecule has 2 atom stereocenters. The topological polar surface area (TPSA) is 96.4 Å². The van der Waals surface area contributed by atoms with Crippen LogP contribution in [0.25, 0.3) is 0 Å². The number of pyridine rings is 1. The fourth-order valence-corrected chi connectivity index (χ4v) is 5.65. The minimum atomic E-state index is -3.90. The van der Waals surface area contributed by atoms with Crippen LogP contribution in [0.4, 0.5) is 5.82 Å². The molecular formula is C21H22ClN3O4S. The van der Waals surface area contributed by atoms with Gasteiger partial charge in [-0.3, -0.25) is 19.2 Å². The van der Waals surface area contributed by atoms with Crippen molar-refractivity contribution in [1.29, 1.82) is 0 Å². The zero-order valence-corrected chi connectivity index (χ0v) is 18.0. The molecule has 1 aromatic heterocycles. The summed E-state index contributed by atoms with van der Waals surface area (Å²) in [5.41, 5.74) is 1.14. The molecule has 2 amide bonds. The highest BCUT2D eigenvalue weighted by Crippen LogP contribution is 2.38. The normalized spacial score (nSPS) is 21.6. The molecule has 7 nitrogen and oxygen atoms in total. The molecule has 0 unspecified atom stereocenters. The number of hydrogen-bond acceptors (Lipinski definition) is 5. The third-order valence-electron chi connectivity index (χ3n) is 5.78. The third kappa shape index (κ3) is 3.94. The number of aryl methyl sites for hydroxylation is 1. The van der Waals surface area contributed by atoms with E-state index in [0.29, 0.717) is 16.1 Å². The lowest BCUT2D eigenvalue weighted by Crippen LogP contribution is -2.30. The highest BCUT2D eigenvalue weighted by atomic mass is 35.5. The number of carbonyl (C=O) groups is 2. The highest BCUT2D eigenvalue weighted by molar-refractivity contribution is 7.92. The molecular weight excluding hydrogens is 426 g/mol. The maximum Gasteiger partial charge on any atom is 0.263 e. The van der Waals surface area contributed by atoms with Crippen molar-refractivity contribution in [2.45, 2.75) is 44.0 Å². The second-order valence-corrected chi connectivity index (χ2v) is 9.91. The Morgan fingerprint density at radius 3 is 2.37 bits per heavy atom. The van der Waals surface area contributed by atoms with Crippen LogP contribution in [-0.2, 0) is 26.2 Å². The Bertz CT molecular complexity index is 1080. The number of anilines is 1. The standard InChI is InChI=1S/C21H22ClN3O4S/c1-13-6-7-14(12-25-20(26)16-4-2-3-5-17(16)21(25)27)10-18(13)30(28,29)24-19-9-8-15(22)11-23-19/h6-11,16-17H,2-5,12H2,1H3,(H,23,24)/t16-,17+. The van der Waals surface area contributed by atoms with Gasteiger partial charge in [0, 0.05) is 6.20 Å². The van der Waals surface area contributed by atoms with E-state index in [2.05, 4.69) is 9.71 Å². The van der Waals surface area contributed by atoms with Crippen molar-refractivity contribution in [2.75, 3.05) is 4.72 Å². The van der Waals surface area contributed by atoms with Gasteiger partial charge >= 0.3 is 0 Å². The number of likely N-dealkylation sites (tertiary alicyclic amines) is 1. The first-order valence-corrected chi connectivity index (χ1v) is 11.7. The fourth-order valence-electron chi connectivity index (χ4n) is 4.23. The maximum atomic E-state index is 12.9. The summed E-state index contributed by atoms with van der Waals surface area (Å²) in [7, 11) is -3.90. The molecule has 1 aromatic carbocycles. The summed E-state index contributed by atoms with van der Waals surface area (Å²) in [5, 5.41) is 0.400. The first-order chi connectivity index (χ1) is 14.3. The predicted molar refractivity (Wildman–Crippen MR) is 112 cm³/mol. The van der Waals surface area contributed by atoms with Crippen LogP contribution in [0.15, 0.2) is 41.4 Å². The number of nitrogens with one attached hydrogen (secondary N) is 1. The van der Waals surface area contributed by atoms with E-state index < -0.39 is 10.0 Å². The number of halogens is 1. The summed E-state index contributed by atoms with van der Waals surface area (Å²) in [6, 6.07) is 7.95. The van der Waals surface area contributed by atoms with Crippen LogP contribution < -0.4 is 4.72 Å². The van der Waals surface area contributed by atoms with Crippen LogP contribution in [0.1, 0.15) is 36.8 Å². The van der Waals surface area contributed by atoms with Crippen molar-refractivity contribution in [2.24, 2.45) is 11.8 Å². The number of rotatable bonds is 5. The number of carbonyl (C=O) groups excluding carboxylic acids is 2. The molecule has 0 radical (unpaired) electrons. The molecule has 0 spiro atoms. The van der Waals surface area contributed by atoms with Gasteiger partial charge in [0.1, 0.15) is 5.82 Å². The predicted octanol–water partition coefficient (Wildman–Crippen LogP) is 3.52. The van der Waals surface area contributed by atoms with E-state index in [4.69, 9.17) is 11.6 Å². The number of amides is 2. The zero-order chi connectivity index (χ0) is 21.5. The molecule has 1 saturated heterocycles. The molecule has 9 heteroatoms. The third-order valence-corrected chi connectivity index (χ3v) is 7.50. The summed E-state index contributed by atoms with van der Waals surface area (Å²) in [5.74, 6) is -0.579. The van der Waals surface area contributed by atoms with Crippen molar-refractivity contribution < 1.29 is 18.0 Å². The van der Waals surface area contributed by atoms with Gasteiger partial charge in [-0.25, -0.2) is 13.4 Å². The molecule has 2 fully saturated rings. The van der Waals surface area contributed by atoms with Crippen LogP contribution >= 0.6 is 11.6 Å². The van der Waals surface area contributed by atoms with Gasteiger partial charge in [0.2, 0.25) is 11.8 Å². The van der Waals surface area contributed by atoms with Gasteiger partial charge in [-0.05, 0) is 49.1 Å². The molecule has 2 aliphatic rings. The van der Waals surface area contributed by atoms with Gasteiger partial charge in [-0.2, -0.15) is 0 Å². The Morgan fingerprint density at radius 1 is 1.10 bits per heavy atom. The zero-order valence-electron chi connectivity index (χ0n) is 16.5. The van der Waals surface area contributed by atoms with E-state index in [0.717, 1.165) is 25.7 Å². The monoisotopic (exact) mass is 447 g/mol. The van der Waals surface area contributed by atoms with Crippen molar-refractivity contribution in [3.63, 3.8) is 0 Å². The van der Waals surface area contributed by atoms with Gasteiger partial charge in [0.25, 0.3) is 10.0 Å². The van der Waals surface area contributed by atoms with Crippen LogP contribution in [0.5, 0.6) is 0 Å². The van der Waals surface area contributed by atoms with Crippen LogP contribution in [0.3, 0.4) is 0 Å². The minimum absolute atomic E-state index is 0.0761. The smallest absolute Gasteiger partial charge is 0.263 e. The number of benzene rings is 1. The SMILES string of the molecule is Cc1ccc(CN2C(=O)[C@H]3CCCC[C@H]3C2=O)cc1S(=O)(=O)Nc1ccc(Cl)cn1. The molecule has 158 valence electrons. The molecule has 1 N–H and O–H groups in total. The van der Waals surface area contributed by atoms with E-state index in [1.54, 1.807) is 25.1 Å². The summed E-state index contributed by atoms with van der Waals surface area (Å²) in [6.45, 7) is 1.76. The summed E-state index contributed by atoms with van der Waals surface area (Å²) in [6.07, 6.45) is 4.78. The molecule has 1 aliphatic carbocycles. The maximum absolute atomic E-state index is 12.9. The molecule has 2 aromatic rings. The largest absolute Gasteiger partial charge is 0.278 e. The van der Waals surface area contributed by atoms with E-state index in [1.165, 1.54) is 23.2 Å². The van der Waals surface area contributed by atoms with Gasteiger partial charge in [0.05, 0.1) is 28.3 Å². The van der Waals surface area contributed by atoms with Crippen LogP contribution in [-0.4, -0.2) is 30.1 Å². The number of sulfonamides is 1. The average molecular weight is 448 g/mol. The quantitative estimate of drug-likeness (QED) is 0.707. The lowest BCUT2D eigenvalue weighted by Gasteiger charge is -2.19. The highest BCUT2D eigenvalue weighted by Gasteiger charge is 2.47. The molecule has 0 bridgehead atoms. The van der Waals surface area contributed by atoms with Crippen molar-refractivity contribution in [3.05, 3.63) is 52.7 Å². The van der Waals surface area contributed by atoms with Crippen molar-refractivity contribution in [3.8, 4) is 0 Å². The molecule has 30 heavy (non-hydrogen) atoms. The van der Waals surface area contributed by atoms with E-state index in [9.17, 15) is 18.0 Å². The van der Waals surface area contributed by atoms with Gasteiger partial charge < -0.3 is 0 Å². The number of imide groups is 1. The molecule has 2 heterocycles. The second kappa shape index (κ2) is 8.00. The summed E-state index contributed by atoms with van der Waals surface area (Å²) < 4.78 is 28.2. The summed E-state index contributed by atoms with van der Waals surface area (Å²) in [4.78, 5) is 30.8. The Kier molecular flexibility index (Phi) is 5.55. The van der Waals surface area contributed by atoms with Gasteiger partial charge in [-0.1, -0.05) is 36.6 Å². The first-order valence-electron chi connectivity index (χ1n) is 9.85. The van der Waals surface area contributed by atoms with Crippen LogP contribution in [0.2, 0.25) is 5.02 Å². The Labute approximate surface area is 180 Å². The minimum Gasteiger partial charge on any atom is -0.278 e. The van der Waals surface area contributed by atoms with Gasteiger partial charge in [0.15, 0.2) is 0 Å². The summed E-state index contributed by atoms with van der Waals surface area (Å²) >= 11 is 5.80. The van der Waals surface area contributed by atoms with E-state index >= 15 is 0 Å². The second-order valence-electron chi connectivity index (χ2n) is 7.83. The average Bonchev–Trinajstić information content (AvgIpc) is 2.96. The molecule has 1 aliphatic heterocycles. The molecule has 4 rings (SSSR count). The van der Waals surface area contributed by atoms with E-state index in [-0.39, 0.29) is 40.9 Å². The number of fused-ring (bicyclic) bond motifs is 1. The molecule has 1 saturated carbocycles.